The summed E-state index contributed by atoms with van der Waals surface area (Å²) in [6, 6.07) is 8.30. The topological polar surface area (TPSA) is 98.7 Å². The van der Waals surface area contributed by atoms with Gasteiger partial charge in [0.25, 0.3) is 0 Å². The first-order chi connectivity index (χ1) is 14.4. The Hall–Kier alpha value is -3.13. The van der Waals surface area contributed by atoms with E-state index in [1.165, 1.54) is 16.8 Å². The van der Waals surface area contributed by atoms with Crippen molar-refractivity contribution in [3.05, 3.63) is 45.8 Å². The number of nitrogens with zero attached hydrogens (tertiary/aromatic N) is 5. The summed E-state index contributed by atoms with van der Waals surface area (Å²) in [5.41, 5.74) is 6.02. The van der Waals surface area contributed by atoms with Gasteiger partial charge in [-0.15, -0.1) is 0 Å². The third-order valence-electron chi connectivity index (χ3n) is 6.11. The average Bonchev–Trinajstić information content (AvgIpc) is 2.84. The van der Waals surface area contributed by atoms with E-state index in [2.05, 4.69) is 27.3 Å². The van der Waals surface area contributed by atoms with E-state index in [4.69, 9.17) is 0 Å². The van der Waals surface area contributed by atoms with Crippen molar-refractivity contribution in [2.75, 3.05) is 32.1 Å². The summed E-state index contributed by atoms with van der Waals surface area (Å²) < 4.78 is 0. The van der Waals surface area contributed by atoms with Crippen LogP contribution in [0.2, 0.25) is 0 Å². The second-order valence-electron chi connectivity index (χ2n) is 8.28. The number of aryl methyl sites for hydroxylation is 2. The van der Waals surface area contributed by atoms with Gasteiger partial charge >= 0.3 is 0 Å². The van der Waals surface area contributed by atoms with Crippen molar-refractivity contribution in [1.82, 2.24) is 10.2 Å². The largest absolute Gasteiger partial charge is 0.371 e. The molecule has 0 saturated carbocycles. The van der Waals surface area contributed by atoms with Crippen molar-refractivity contribution >= 4 is 17.5 Å². The van der Waals surface area contributed by atoms with Gasteiger partial charge in [-0.3, -0.25) is 4.90 Å². The molecule has 0 fully saturated rings. The lowest BCUT2D eigenvalue weighted by atomic mass is 9.89. The first-order valence-electron chi connectivity index (χ1n) is 10.3. The molecule has 3 heterocycles. The SMILES string of the molecule is CC1=NC(C#N)=C(C#N)NC(O)(N(C)C)/C1=C\c1cc2c3c(c1)CCCN3CCC2. The van der Waals surface area contributed by atoms with Crippen LogP contribution in [0.1, 0.15) is 36.5 Å². The quantitative estimate of drug-likeness (QED) is 0.737. The van der Waals surface area contributed by atoms with E-state index in [1.54, 1.807) is 25.9 Å². The third-order valence-corrected chi connectivity index (χ3v) is 6.11. The van der Waals surface area contributed by atoms with Gasteiger partial charge in [0.2, 0.25) is 5.85 Å². The first kappa shape index (κ1) is 20.2. The van der Waals surface area contributed by atoms with Gasteiger partial charge in [0.15, 0.2) is 11.4 Å². The second-order valence-corrected chi connectivity index (χ2v) is 8.28. The number of allylic oxidation sites excluding steroid dienone is 2. The molecule has 30 heavy (non-hydrogen) atoms. The van der Waals surface area contributed by atoms with Crippen LogP contribution in [0, 0.1) is 22.7 Å². The molecule has 1 atom stereocenters. The fraction of sp³-hybridized carbons (Fsp3) is 0.435. The number of anilines is 1. The van der Waals surface area contributed by atoms with Crippen molar-refractivity contribution in [3.63, 3.8) is 0 Å². The number of aliphatic imine (C=N–C) groups is 1. The van der Waals surface area contributed by atoms with Crippen LogP contribution in [-0.2, 0) is 12.8 Å². The summed E-state index contributed by atoms with van der Waals surface area (Å²) in [4.78, 5) is 8.42. The Balaban J connectivity index is 1.87. The van der Waals surface area contributed by atoms with E-state index < -0.39 is 5.85 Å². The smallest absolute Gasteiger partial charge is 0.225 e. The normalized spacial score (nSPS) is 24.6. The summed E-state index contributed by atoms with van der Waals surface area (Å²) >= 11 is 0. The molecule has 0 saturated heterocycles. The lowest BCUT2D eigenvalue weighted by Crippen LogP contribution is -2.57. The zero-order valence-corrected chi connectivity index (χ0v) is 17.7. The molecular weight excluding hydrogens is 376 g/mol. The number of benzene rings is 1. The molecule has 3 aliphatic heterocycles. The molecular formula is C23H26N6O. The molecule has 0 aliphatic carbocycles. The number of rotatable bonds is 2. The molecule has 1 aromatic carbocycles. The lowest BCUT2D eigenvalue weighted by Gasteiger charge is -2.38. The van der Waals surface area contributed by atoms with Crippen molar-refractivity contribution in [3.8, 4) is 12.1 Å². The van der Waals surface area contributed by atoms with Gasteiger partial charge in [-0.1, -0.05) is 0 Å². The molecule has 7 heteroatoms. The van der Waals surface area contributed by atoms with Gasteiger partial charge in [-0.2, -0.15) is 10.5 Å². The first-order valence-corrected chi connectivity index (χ1v) is 10.3. The van der Waals surface area contributed by atoms with Crippen LogP contribution in [0.3, 0.4) is 0 Å². The molecule has 0 bridgehead atoms. The Morgan fingerprint density at radius 3 is 2.33 bits per heavy atom. The van der Waals surface area contributed by atoms with E-state index in [-0.39, 0.29) is 11.4 Å². The standard InChI is InChI=1S/C23H26N6O/c1-15-19(23(30,28(2)3)27-21(14-25)20(13-24)26-15)12-16-10-17-6-4-8-29-9-5-7-18(11-16)22(17)29/h10-12,27,30H,4-9H2,1-3H3/b19-12-. The Morgan fingerprint density at radius 1 is 1.17 bits per heavy atom. The third kappa shape index (κ3) is 3.27. The van der Waals surface area contributed by atoms with E-state index in [9.17, 15) is 15.6 Å². The molecule has 0 amide bonds. The molecule has 7 nitrogen and oxygen atoms in total. The molecule has 2 N–H and O–H groups in total. The fourth-order valence-corrected chi connectivity index (χ4v) is 4.64. The van der Waals surface area contributed by atoms with Crippen LogP contribution >= 0.6 is 0 Å². The highest BCUT2D eigenvalue weighted by atomic mass is 16.3. The highest BCUT2D eigenvalue weighted by Gasteiger charge is 2.39. The van der Waals surface area contributed by atoms with Crippen LogP contribution in [0.25, 0.3) is 6.08 Å². The van der Waals surface area contributed by atoms with Crippen molar-refractivity contribution in [2.45, 2.75) is 38.5 Å². The summed E-state index contributed by atoms with van der Waals surface area (Å²) in [6.07, 6.45) is 6.33. The molecule has 3 aliphatic rings. The Morgan fingerprint density at radius 2 is 1.80 bits per heavy atom. The summed E-state index contributed by atoms with van der Waals surface area (Å²) in [5, 5.41) is 33.3. The summed E-state index contributed by atoms with van der Waals surface area (Å²) in [5.74, 6) is -1.67. The van der Waals surface area contributed by atoms with E-state index in [1.807, 2.05) is 18.2 Å². The summed E-state index contributed by atoms with van der Waals surface area (Å²) in [6.45, 7) is 4.00. The molecule has 1 unspecified atom stereocenters. The monoisotopic (exact) mass is 402 g/mol. The predicted octanol–water partition coefficient (Wildman–Crippen LogP) is 2.30. The van der Waals surface area contributed by atoms with Gasteiger partial charge in [0, 0.05) is 30.1 Å². The maximum Gasteiger partial charge on any atom is 0.225 e. The van der Waals surface area contributed by atoms with Crippen LogP contribution < -0.4 is 10.2 Å². The number of aliphatic hydroxyl groups is 1. The van der Waals surface area contributed by atoms with E-state index >= 15 is 0 Å². The van der Waals surface area contributed by atoms with Crippen LogP contribution in [0.15, 0.2) is 34.1 Å². The fourth-order valence-electron chi connectivity index (χ4n) is 4.64. The van der Waals surface area contributed by atoms with Crippen molar-refractivity contribution < 1.29 is 5.11 Å². The summed E-state index contributed by atoms with van der Waals surface area (Å²) in [7, 11) is 3.43. The number of nitriles is 2. The number of nitrogens with one attached hydrogen (secondary N) is 1. The van der Waals surface area contributed by atoms with Gasteiger partial charge < -0.3 is 15.3 Å². The van der Waals surface area contributed by atoms with Gasteiger partial charge in [0.1, 0.15) is 12.1 Å². The molecule has 1 aromatic rings. The second kappa shape index (κ2) is 7.60. The Bertz CT molecular complexity index is 1040. The molecule has 0 radical (unpaired) electrons. The Labute approximate surface area is 177 Å². The van der Waals surface area contributed by atoms with Crippen LogP contribution in [0.4, 0.5) is 5.69 Å². The maximum atomic E-state index is 11.5. The van der Waals surface area contributed by atoms with Crippen molar-refractivity contribution in [2.24, 2.45) is 4.99 Å². The zero-order chi connectivity index (χ0) is 21.5. The Kier molecular flexibility index (Phi) is 5.11. The number of likely N-dealkylation sites (N-methyl/N-ethyl adjacent to an activating group) is 1. The molecule has 154 valence electrons. The predicted molar refractivity (Wildman–Crippen MR) is 116 cm³/mol. The van der Waals surface area contributed by atoms with Gasteiger partial charge in [-0.05, 0) is 81.6 Å². The maximum absolute atomic E-state index is 11.5. The van der Waals surface area contributed by atoms with Crippen LogP contribution in [-0.4, -0.2) is 48.8 Å². The highest BCUT2D eigenvalue weighted by molar-refractivity contribution is 6.05. The van der Waals surface area contributed by atoms with Gasteiger partial charge in [0.05, 0.1) is 0 Å². The average molecular weight is 403 g/mol. The number of hydrogen-bond acceptors (Lipinski definition) is 7. The number of hydrogen-bond donors (Lipinski definition) is 2. The highest BCUT2D eigenvalue weighted by Crippen LogP contribution is 2.37. The van der Waals surface area contributed by atoms with Gasteiger partial charge in [-0.25, -0.2) is 4.99 Å². The molecule has 0 spiro atoms. The van der Waals surface area contributed by atoms with Crippen LogP contribution in [0.5, 0.6) is 0 Å². The minimum Gasteiger partial charge on any atom is -0.371 e. The van der Waals surface area contributed by atoms with Crippen molar-refractivity contribution in [1.29, 1.82) is 10.5 Å². The van der Waals surface area contributed by atoms with E-state index in [0.717, 1.165) is 44.3 Å². The molecule has 4 rings (SSSR count). The van der Waals surface area contributed by atoms with E-state index in [0.29, 0.717) is 11.3 Å². The lowest BCUT2D eigenvalue weighted by molar-refractivity contribution is -0.0625. The molecule has 0 aromatic heterocycles. The minimum absolute atomic E-state index is 0.0325. The zero-order valence-electron chi connectivity index (χ0n) is 17.7. The minimum atomic E-state index is -1.67.